The SMILES string of the molecule is CC(C)(C)c1ccc(-c2ccccc2CNC2CC2)cc1. The zero-order chi connectivity index (χ0) is 14.9. The minimum atomic E-state index is 0.214. The summed E-state index contributed by atoms with van der Waals surface area (Å²) in [4.78, 5) is 0. The van der Waals surface area contributed by atoms with Crippen molar-refractivity contribution in [1.82, 2.24) is 5.32 Å². The van der Waals surface area contributed by atoms with Crippen molar-refractivity contribution in [3.8, 4) is 11.1 Å². The molecule has 1 heteroatoms. The molecule has 2 aromatic rings. The van der Waals surface area contributed by atoms with E-state index in [4.69, 9.17) is 0 Å². The molecule has 3 rings (SSSR count). The van der Waals surface area contributed by atoms with Gasteiger partial charge in [-0.25, -0.2) is 0 Å². The fraction of sp³-hybridized carbons (Fsp3) is 0.400. The molecule has 1 saturated carbocycles. The second-order valence-corrected chi connectivity index (χ2v) is 7.14. The fourth-order valence-corrected chi connectivity index (χ4v) is 2.65. The van der Waals surface area contributed by atoms with Gasteiger partial charge in [0.2, 0.25) is 0 Å². The van der Waals surface area contributed by atoms with Crippen molar-refractivity contribution in [1.29, 1.82) is 0 Å². The van der Waals surface area contributed by atoms with Crippen molar-refractivity contribution in [2.75, 3.05) is 0 Å². The third kappa shape index (κ3) is 3.54. The van der Waals surface area contributed by atoms with Crippen LogP contribution in [-0.4, -0.2) is 6.04 Å². The van der Waals surface area contributed by atoms with Crippen LogP contribution in [0.4, 0.5) is 0 Å². The zero-order valence-corrected chi connectivity index (χ0v) is 13.3. The molecule has 0 bridgehead atoms. The van der Waals surface area contributed by atoms with Gasteiger partial charge in [-0.1, -0.05) is 69.3 Å². The van der Waals surface area contributed by atoms with E-state index in [2.05, 4.69) is 74.6 Å². The van der Waals surface area contributed by atoms with E-state index in [-0.39, 0.29) is 5.41 Å². The van der Waals surface area contributed by atoms with E-state index < -0.39 is 0 Å². The van der Waals surface area contributed by atoms with Gasteiger partial charge in [-0.15, -0.1) is 0 Å². The number of hydrogen-bond donors (Lipinski definition) is 1. The maximum absolute atomic E-state index is 3.62. The van der Waals surface area contributed by atoms with Crippen LogP contribution in [0, 0.1) is 0 Å². The number of rotatable bonds is 4. The second-order valence-electron chi connectivity index (χ2n) is 7.14. The maximum Gasteiger partial charge on any atom is 0.0214 e. The van der Waals surface area contributed by atoms with Crippen molar-refractivity contribution in [2.45, 2.75) is 51.6 Å². The largest absolute Gasteiger partial charge is 0.310 e. The summed E-state index contributed by atoms with van der Waals surface area (Å²) in [7, 11) is 0. The first kappa shape index (κ1) is 14.3. The van der Waals surface area contributed by atoms with Gasteiger partial charge in [-0.05, 0) is 40.5 Å². The molecule has 0 aliphatic heterocycles. The molecular formula is C20H25N. The lowest BCUT2D eigenvalue weighted by Gasteiger charge is -2.19. The Bertz CT molecular complexity index is 600. The highest BCUT2D eigenvalue weighted by Crippen LogP contribution is 2.28. The molecule has 1 aliphatic rings. The monoisotopic (exact) mass is 279 g/mol. The molecule has 21 heavy (non-hydrogen) atoms. The van der Waals surface area contributed by atoms with Gasteiger partial charge in [-0.3, -0.25) is 0 Å². The quantitative estimate of drug-likeness (QED) is 0.839. The first-order chi connectivity index (χ1) is 10.0. The van der Waals surface area contributed by atoms with Crippen LogP contribution in [-0.2, 0) is 12.0 Å². The van der Waals surface area contributed by atoms with Crippen LogP contribution in [0.5, 0.6) is 0 Å². The van der Waals surface area contributed by atoms with Crippen LogP contribution in [0.3, 0.4) is 0 Å². The molecule has 110 valence electrons. The van der Waals surface area contributed by atoms with Crippen molar-refractivity contribution in [3.05, 3.63) is 59.7 Å². The number of nitrogens with one attached hydrogen (secondary N) is 1. The highest BCUT2D eigenvalue weighted by molar-refractivity contribution is 5.67. The molecule has 1 fully saturated rings. The lowest BCUT2D eigenvalue weighted by Crippen LogP contribution is -2.15. The lowest BCUT2D eigenvalue weighted by atomic mass is 9.86. The summed E-state index contributed by atoms with van der Waals surface area (Å²) >= 11 is 0. The van der Waals surface area contributed by atoms with Gasteiger partial charge in [0.1, 0.15) is 0 Å². The molecule has 2 aromatic carbocycles. The van der Waals surface area contributed by atoms with Gasteiger partial charge in [0.15, 0.2) is 0 Å². The number of benzene rings is 2. The van der Waals surface area contributed by atoms with E-state index in [0.717, 1.165) is 12.6 Å². The van der Waals surface area contributed by atoms with Crippen molar-refractivity contribution in [2.24, 2.45) is 0 Å². The van der Waals surface area contributed by atoms with Crippen LogP contribution in [0.25, 0.3) is 11.1 Å². The molecule has 0 spiro atoms. The Hall–Kier alpha value is -1.60. The highest BCUT2D eigenvalue weighted by atomic mass is 14.9. The predicted octanol–water partition coefficient (Wildman–Crippen LogP) is 4.90. The molecular weight excluding hydrogens is 254 g/mol. The Balaban J connectivity index is 1.85. The summed E-state index contributed by atoms with van der Waals surface area (Å²) in [5, 5.41) is 3.62. The Morgan fingerprint density at radius 1 is 0.952 bits per heavy atom. The van der Waals surface area contributed by atoms with Crippen molar-refractivity contribution >= 4 is 0 Å². The van der Waals surface area contributed by atoms with E-state index >= 15 is 0 Å². The van der Waals surface area contributed by atoms with Crippen LogP contribution in [0.15, 0.2) is 48.5 Å². The Morgan fingerprint density at radius 2 is 1.62 bits per heavy atom. The van der Waals surface area contributed by atoms with Crippen LogP contribution < -0.4 is 5.32 Å². The van der Waals surface area contributed by atoms with Crippen LogP contribution >= 0.6 is 0 Å². The predicted molar refractivity (Wildman–Crippen MR) is 90.4 cm³/mol. The molecule has 0 radical (unpaired) electrons. The normalized spacial score (nSPS) is 15.2. The second kappa shape index (κ2) is 5.65. The van der Waals surface area contributed by atoms with Gasteiger partial charge in [0.05, 0.1) is 0 Å². The van der Waals surface area contributed by atoms with E-state index in [1.165, 1.54) is 35.1 Å². The Morgan fingerprint density at radius 3 is 2.24 bits per heavy atom. The molecule has 0 aromatic heterocycles. The average molecular weight is 279 g/mol. The average Bonchev–Trinajstić information content (AvgIpc) is 3.29. The summed E-state index contributed by atoms with van der Waals surface area (Å²) in [5.74, 6) is 0. The summed E-state index contributed by atoms with van der Waals surface area (Å²) in [5.41, 5.74) is 5.67. The standard InChI is InChI=1S/C20H25N/c1-20(2,3)17-10-8-15(9-11-17)19-7-5-4-6-16(19)14-21-18-12-13-18/h4-11,18,21H,12-14H2,1-3H3. The van der Waals surface area contributed by atoms with E-state index in [1.54, 1.807) is 0 Å². The van der Waals surface area contributed by atoms with Gasteiger partial charge in [0, 0.05) is 12.6 Å². The third-order valence-corrected chi connectivity index (χ3v) is 4.24. The molecule has 0 amide bonds. The fourth-order valence-electron chi connectivity index (χ4n) is 2.65. The summed E-state index contributed by atoms with van der Waals surface area (Å²) in [6.45, 7) is 7.75. The smallest absolute Gasteiger partial charge is 0.0214 e. The molecule has 0 unspecified atom stereocenters. The maximum atomic E-state index is 3.62. The first-order valence-electron chi connectivity index (χ1n) is 7.96. The molecule has 0 atom stereocenters. The third-order valence-electron chi connectivity index (χ3n) is 4.24. The summed E-state index contributed by atoms with van der Waals surface area (Å²) in [6.07, 6.45) is 2.67. The molecule has 0 saturated heterocycles. The van der Waals surface area contributed by atoms with Crippen molar-refractivity contribution < 1.29 is 0 Å². The summed E-state index contributed by atoms with van der Waals surface area (Å²) in [6, 6.07) is 18.5. The topological polar surface area (TPSA) is 12.0 Å². The first-order valence-corrected chi connectivity index (χ1v) is 7.96. The van der Waals surface area contributed by atoms with Crippen LogP contribution in [0.1, 0.15) is 44.7 Å². The van der Waals surface area contributed by atoms with E-state index in [0.29, 0.717) is 0 Å². The van der Waals surface area contributed by atoms with Crippen molar-refractivity contribution in [3.63, 3.8) is 0 Å². The molecule has 0 heterocycles. The molecule has 1 aliphatic carbocycles. The van der Waals surface area contributed by atoms with E-state index in [1.807, 2.05) is 0 Å². The number of hydrogen-bond acceptors (Lipinski definition) is 1. The minimum absolute atomic E-state index is 0.214. The lowest BCUT2D eigenvalue weighted by molar-refractivity contribution is 0.590. The van der Waals surface area contributed by atoms with Gasteiger partial charge in [-0.2, -0.15) is 0 Å². The van der Waals surface area contributed by atoms with Gasteiger partial charge >= 0.3 is 0 Å². The zero-order valence-electron chi connectivity index (χ0n) is 13.3. The molecule has 1 nitrogen and oxygen atoms in total. The van der Waals surface area contributed by atoms with Crippen LogP contribution in [0.2, 0.25) is 0 Å². The Kier molecular flexibility index (Phi) is 3.86. The highest BCUT2D eigenvalue weighted by Gasteiger charge is 2.20. The molecule has 1 N–H and O–H groups in total. The summed E-state index contributed by atoms with van der Waals surface area (Å²) < 4.78 is 0. The minimum Gasteiger partial charge on any atom is -0.310 e. The van der Waals surface area contributed by atoms with Gasteiger partial charge in [0.25, 0.3) is 0 Å². The Labute approximate surface area is 128 Å². The van der Waals surface area contributed by atoms with E-state index in [9.17, 15) is 0 Å². The van der Waals surface area contributed by atoms with Gasteiger partial charge < -0.3 is 5.32 Å².